The average molecular weight is 291 g/mol. The second-order valence-corrected chi connectivity index (χ2v) is 4.81. The fourth-order valence-electron chi connectivity index (χ4n) is 1.99. The normalized spacial score (nSPS) is 10.8. The maximum Gasteiger partial charge on any atom is 0.354 e. The van der Waals surface area contributed by atoms with E-state index in [1.54, 1.807) is 18.2 Å². The lowest BCUT2D eigenvalue weighted by atomic mass is 10.2. The number of halogens is 2. The summed E-state index contributed by atoms with van der Waals surface area (Å²) >= 11 is 12.0. The molecule has 2 aromatic carbocycles. The first-order valence-corrected chi connectivity index (χ1v) is 6.35. The van der Waals surface area contributed by atoms with Crippen molar-refractivity contribution in [1.29, 1.82) is 0 Å². The van der Waals surface area contributed by atoms with E-state index in [1.807, 2.05) is 30.3 Å². The third-order valence-electron chi connectivity index (χ3n) is 2.82. The van der Waals surface area contributed by atoms with Crippen molar-refractivity contribution in [1.82, 2.24) is 9.55 Å². The van der Waals surface area contributed by atoms with Crippen LogP contribution < -0.4 is 5.69 Å². The average Bonchev–Trinajstić information content (AvgIpc) is 2.39. The molecule has 19 heavy (non-hydrogen) atoms. The topological polar surface area (TPSA) is 34.9 Å². The third-order valence-corrected chi connectivity index (χ3v) is 3.35. The Hall–Kier alpha value is -1.84. The van der Waals surface area contributed by atoms with Crippen LogP contribution in [0.1, 0.15) is 0 Å². The lowest BCUT2D eigenvalue weighted by molar-refractivity contribution is 0.960. The highest BCUT2D eigenvalue weighted by Gasteiger charge is 2.10. The van der Waals surface area contributed by atoms with Crippen LogP contribution in [0.2, 0.25) is 10.2 Å². The van der Waals surface area contributed by atoms with Gasteiger partial charge in [0.25, 0.3) is 0 Å². The summed E-state index contributed by atoms with van der Waals surface area (Å²) in [6.07, 6.45) is 0. The van der Waals surface area contributed by atoms with Crippen LogP contribution in [0.3, 0.4) is 0 Å². The molecule has 0 atom stereocenters. The first-order chi connectivity index (χ1) is 9.16. The van der Waals surface area contributed by atoms with Crippen LogP contribution >= 0.6 is 23.2 Å². The second-order valence-electron chi connectivity index (χ2n) is 4.02. The van der Waals surface area contributed by atoms with Crippen molar-refractivity contribution >= 4 is 34.1 Å². The minimum atomic E-state index is -0.425. The largest absolute Gasteiger partial charge is 0.354 e. The van der Waals surface area contributed by atoms with Crippen molar-refractivity contribution in [2.75, 3.05) is 0 Å². The molecule has 0 aliphatic heterocycles. The number of fused-ring (bicyclic) bond motifs is 1. The van der Waals surface area contributed by atoms with Crippen molar-refractivity contribution in [2.24, 2.45) is 0 Å². The maximum atomic E-state index is 12.1. The molecule has 3 aromatic rings. The first-order valence-electron chi connectivity index (χ1n) is 5.60. The summed E-state index contributed by atoms with van der Waals surface area (Å²) in [4.78, 5) is 15.9. The van der Waals surface area contributed by atoms with E-state index in [-0.39, 0.29) is 5.15 Å². The van der Waals surface area contributed by atoms with Crippen molar-refractivity contribution in [3.05, 3.63) is 69.2 Å². The van der Waals surface area contributed by atoms with Gasteiger partial charge in [-0.05, 0) is 30.3 Å². The Balaban J connectivity index is 2.48. The molecule has 1 aromatic heterocycles. The van der Waals surface area contributed by atoms with E-state index in [2.05, 4.69) is 4.98 Å². The Bertz CT molecular complexity index is 813. The van der Waals surface area contributed by atoms with Crippen LogP contribution in [-0.4, -0.2) is 9.55 Å². The van der Waals surface area contributed by atoms with Crippen LogP contribution in [0.15, 0.2) is 53.3 Å². The summed E-state index contributed by atoms with van der Waals surface area (Å²) in [5.41, 5.74) is 0.943. The van der Waals surface area contributed by atoms with Crippen molar-refractivity contribution in [3.63, 3.8) is 0 Å². The van der Waals surface area contributed by atoms with Crippen molar-refractivity contribution < 1.29 is 0 Å². The number of nitrogens with zero attached hydrogens (tertiary/aromatic N) is 2. The molecule has 3 nitrogen and oxygen atoms in total. The molecule has 0 saturated heterocycles. The van der Waals surface area contributed by atoms with Gasteiger partial charge < -0.3 is 0 Å². The van der Waals surface area contributed by atoms with Crippen molar-refractivity contribution in [3.8, 4) is 5.69 Å². The number of hydrogen-bond donors (Lipinski definition) is 0. The molecule has 0 fully saturated rings. The Kier molecular flexibility index (Phi) is 3.01. The van der Waals surface area contributed by atoms with Gasteiger partial charge >= 0.3 is 5.69 Å². The van der Waals surface area contributed by atoms with Gasteiger partial charge in [0.15, 0.2) is 0 Å². The predicted octanol–water partition coefficient (Wildman–Crippen LogP) is 3.69. The third kappa shape index (κ3) is 2.11. The van der Waals surface area contributed by atoms with E-state index in [1.165, 1.54) is 4.57 Å². The van der Waals surface area contributed by atoms with Crippen LogP contribution in [0.25, 0.3) is 16.6 Å². The number of aromatic nitrogens is 2. The van der Waals surface area contributed by atoms with Gasteiger partial charge in [0.2, 0.25) is 0 Å². The van der Waals surface area contributed by atoms with Gasteiger partial charge in [0.1, 0.15) is 5.15 Å². The minimum Gasteiger partial charge on any atom is -0.260 e. The molecule has 0 aliphatic carbocycles. The summed E-state index contributed by atoms with van der Waals surface area (Å²) in [6.45, 7) is 0. The number of para-hydroxylation sites is 1. The van der Waals surface area contributed by atoms with E-state index in [9.17, 15) is 4.79 Å². The van der Waals surface area contributed by atoms with Gasteiger partial charge in [-0.2, -0.15) is 4.98 Å². The molecule has 0 saturated carbocycles. The summed E-state index contributed by atoms with van der Waals surface area (Å²) in [6, 6.07) is 14.4. The lowest BCUT2D eigenvalue weighted by Crippen LogP contribution is -2.21. The Morgan fingerprint density at radius 2 is 1.74 bits per heavy atom. The van der Waals surface area contributed by atoms with E-state index in [0.29, 0.717) is 15.9 Å². The number of rotatable bonds is 1. The molecule has 1 heterocycles. The van der Waals surface area contributed by atoms with E-state index < -0.39 is 5.69 Å². The highest BCUT2D eigenvalue weighted by Crippen LogP contribution is 2.24. The highest BCUT2D eigenvalue weighted by molar-refractivity contribution is 6.35. The van der Waals surface area contributed by atoms with Gasteiger partial charge in [-0.3, -0.25) is 4.57 Å². The van der Waals surface area contributed by atoms with Gasteiger partial charge in [-0.15, -0.1) is 0 Å². The molecule has 0 bridgehead atoms. The molecule has 0 spiro atoms. The zero-order valence-corrected chi connectivity index (χ0v) is 11.2. The molecule has 0 unspecified atom stereocenters. The molecule has 0 radical (unpaired) electrons. The highest BCUT2D eigenvalue weighted by atomic mass is 35.5. The Morgan fingerprint density at radius 3 is 2.47 bits per heavy atom. The summed E-state index contributed by atoms with van der Waals surface area (Å²) in [5, 5.41) is 1.41. The molecule has 0 N–H and O–H groups in total. The quantitative estimate of drug-likeness (QED) is 0.641. The first kappa shape index (κ1) is 12.2. The van der Waals surface area contributed by atoms with Crippen molar-refractivity contribution in [2.45, 2.75) is 0 Å². The molecule has 94 valence electrons. The van der Waals surface area contributed by atoms with Crippen LogP contribution in [-0.2, 0) is 0 Å². The minimum absolute atomic E-state index is 0.184. The fourth-order valence-corrected chi connectivity index (χ4v) is 2.39. The summed E-state index contributed by atoms with van der Waals surface area (Å²) in [7, 11) is 0. The Labute approximate surface area is 119 Å². The molecule has 3 rings (SSSR count). The molecular weight excluding hydrogens is 283 g/mol. The van der Waals surface area contributed by atoms with E-state index in [4.69, 9.17) is 23.2 Å². The Morgan fingerprint density at radius 1 is 1.00 bits per heavy atom. The number of benzene rings is 2. The number of hydrogen-bond acceptors (Lipinski definition) is 2. The molecule has 5 heteroatoms. The smallest absolute Gasteiger partial charge is 0.260 e. The van der Waals surface area contributed by atoms with Crippen LogP contribution in [0, 0.1) is 0 Å². The molecular formula is C14H8Cl2N2O. The summed E-state index contributed by atoms with van der Waals surface area (Å²) < 4.78 is 1.49. The zero-order chi connectivity index (χ0) is 13.4. The van der Waals surface area contributed by atoms with Gasteiger partial charge in [-0.1, -0.05) is 41.4 Å². The standard InChI is InChI=1S/C14H8Cl2N2O/c15-9-6-7-11-12(8-9)18(14(19)17-13(11)16)10-4-2-1-3-5-10/h1-8H. The zero-order valence-electron chi connectivity index (χ0n) is 9.68. The van der Waals surface area contributed by atoms with Crippen LogP contribution in [0.4, 0.5) is 0 Å². The van der Waals surface area contributed by atoms with Crippen LogP contribution in [0.5, 0.6) is 0 Å². The molecule has 0 amide bonds. The second kappa shape index (κ2) is 4.68. The SMILES string of the molecule is O=c1nc(Cl)c2ccc(Cl)cc2n1-c1ccccc1. The van der Waals surface area contributed by atoms with E-state index >= 15 is 0 Å². The predicted molar refractivity (Wildman–Crippen MR) is 77.4 cm³/mol. The molecule has 0 aliphatic rings. The van der Waals surface area contributed by atoms with Gasteiger partial charge in [0, 0.05) is 10.4 Å². The summed E-state index contributed by atoms with van der Waals surface area (Å²) in [5.74, 6) is 0. The monoisotopic (exact) mass is 290 g/mol. The lowest BCUT2D eigenvalue weighted by Gasteiger charge is -2.10. The fraction of sp³-hybridized carbons (Fsp3) is 0. The van der Waals surface area contributed by atoms with Gasteiger partial charge in [-0.25, -0.2) is 4.79 Å². The van der Waals surface area contributed by atoms with Gasteiger partial charge in [0.05, 0.1) is 11.2 Å². The van der Waals surface area contributed by atoms with E-state index in [0.717, 1.165) is 5.69 Å². The maximum absolute atomic E-state index is 12.1.